The van der Waals surface area contributed by atoms with Gasteiger partial charge in [-0.3, -0.25) is 4.90 Å². The fraction of sp³-hybridized carbons (Fsp3) is 0.818. The Labute approximate surface area is 114 Å². The summed E-state index contributed by atoms with van der Waals surface area (Å²) in [4.78, 5) is 13.0. The number of carbonyl (C=O) groups excluding carboxylic acids is 1. The number of amides is 1. The van der Waals surface area contributed by atoms with Gasteiger partial charge in [0.2, 0.25) is 0 Å². The van der Waals surface area contributed by atoms with E-state index < -0.39 is 27.0 Å². The Morgan fingerprint density at radius 1 is 1.32 bits per heavy atom. The SMILES string of the molecule is CC(C)S(=O)(=O)N1CCN(C(=O)OC(C)(C)C)C=N1. The third kappa shape index (κ3) is 4.09. The first-order chi connectivity index (χ1) is 8.54. The van der Waals surface area contributed by atoms with Gasteiger partial charge in [-0.1, -0.05) is 0 Å². The van der Waals surface area contributed by atoms with Crippen molar-refractivity contribution in [3.8, 4) is 0 Å². The Morgan fingerprint density at radius 2 is 1.89 bits per heavy atom. The molecule has 0 bridgehead atoms. The molecule has 0 aromatic rings. The van der Waals surface area contributed by atoms with Crippen LogP contribution in [0, 0.1) is 0 Å². The van der Waals surface area contributed by atoms with E-state index >= 15 is 0 Å². The van der Waals surface area contributed by atoms with Gasteiger partial charge in [0.15, 0.2) is 0 Å². The lowest BCUT2D eigenvalue weighted by Crippen LogP contribution is -2.46. The van der Waals surface area contributed by atoms with Crippen molar-refractivity contribution in [1.82, 2.24) is 9.31 Å². The highest BCUT2D eigenvalue weighted by molar-refractivity contribution is 7.89. The van der Waals surface area contributed by atoms with Gasteiger partial charge in [0, 0.05) is 0 Å². The minimum atomic E-state index is -3.43. The first-order valence-corrected chi connectivity index (χ1v) is 7.59. The lowest BCUT2D eigenvalue weighted by molar-refractivity contribution is 0.0359. The fourth-order valence-corrected chi connectivity index (χ4v) is 2.32. The topological polar surface area (TPSA) is 79.3 Å². The quantitative estimate of drug-likeness (QED) is 0.766. The molecule has 0 fully saturated rings. The van der Waals surface area contributed by atoms with E-state index in [1.165, 1.54) is 11.2 Å². The summed E-state index contributed by atoms with van der Waals surface area (Å²) in [6.45, 7) is 8.83. The maximum Gasteiger partial charge on any atom is 0.415 e. The standard InChI is InChI=1S/C11H21N3O4S/c1-9(2)19(16,17)14-7-6-13(8-12-14)10(15)18-11(3,4)5/h8-9H,6-7H2,1-5H3. The molecule has 0 spiro atoms. The summed E-state index contributed by atoms with van der Waals surface area (Å²) in [5.74, 6) is 0. The molecule has 1 rings (SSSR count). The normalized spacial score (nSPS) is 16.9. The summed E-state index contributed by atoms with van der Waals surface area (Å²) in [5, 5.41) is 3.26. The highest BCUT2D eigenvalue weighted by Crippen LogP contribution is 2.14. The number of rotatable bonds is 2. The van der Waals surface area contributed by atoms with Gasteiger partial charge < -0.3 is 4.74 Å². The maximum atomic E-state index is 11.9. The third-order valence-corrected chi connectivity index (χ3v) is 4.43. The molecule has 8 heteroatoms. The first-order valence-electron chi connectivity index (χ1n) is 6.09. The van der Waals surface area contributed by atoms with Gasteiger partial charge in [-0.05, 0) is 34.6 Å². The monoisotopic (exact) mass is 291 g/mol. The second-order valence-corrected chi connectivity index (χ2v) is 7.94. The van der Waals surface area contributed by atoms with Gasteiger partial charge in [-0.15, -0.1) is 0 Å². The van der Waals surface area contributed by atoms with Crippen LogP contribution in [-0.2, 0) is 14.8 Å². The van der Waals surface area contributed by atoms with E-state index in [4.69, 9.17) is 4.74 Å². The van der Waals surface area contributed by atoms with Crippen molar-refractivity contribution < 1.29 is 17.9 Å². The minimum absolute atomic E-state index is 0.135. The van der Waals surface area contributed by atoms with E-state index in [1.54, 1.807) is 34.6 Å². The maximum absolute atomic E-state index is 11.9. The molecule has 0 saturated heterocycles. The van der Waals surface area contributed by atoms with E-state index in [-0.39, 0.29) is 13.1 Å². The zero-order chi connectivity index (χ0) is 14.8. The van der Waals surface area contributed by atoms with Gasteiger partial charge in [0.05, 0.1) is 18.3 Å². The molecule has 1 aliphatic rings. The summed E-state index contributed by atoms with van der Waals surface area (Å²) in [6, 6.07) is 0. The number of hydrogen-bond acceptors (Lipinski definition) is 5. The molecule has 7 nitrogen and oxygen atoms in total. The molecule has 0 aromatic carbocycles. The number of nitrogens with zero attached hydrogens (tertiary/aromatic N) is 3. The first kappa shape index (κ1) is 15.7. The van der Waals surface area contributed by atoms with Crippen LogP contribution in [0.15, 0.2) is 5.10 Å². The molecule has 1 aliphatic heterocycles. The average molecular weight is 291 g/mol. The second-order valence-electron chi connectivity index (χ2n) is 5.54. The molecular formula is C11H21N3O4S. The largest absolute Gasteiger partial charge is 0.443 e. The van der Waals surface area contributed by atoms with Gasteiger partial charge in [0.1, 0.15) is 11.9 Å². The van der Waals surface area contributed by atoms with E-state index in [9.17, 15) is 13.2 Å². The lowest BCUT2D eigenvalue weighted by Gasteiger charge is -2.30. The number of hydrogen-bond donors (Lipinski definition) is 0. The summed E-state index contributed by atoms with van der Waals surface area (Å²) < 4.78 is 29.9. The van der Waals surface area contributed by atoms with E-state index in [2.05, 4.69) is 5.10 Å². The molecule has 19 heavy (non-hydrogen) atoms. The number of carbonyl (C=O) groups is 1. The predicted octanol–water partition coefficient (Wildman–Crippen LogP) is 1.22. The third-order valence-electron chi connectivity index (χ3n) is 2.37. The van der Waals surface area contributed by atoms with Gasteiger partial charge in [0.25, 0.3) is 10.0 Å². The van der Waals surface area contributed by atoms with Crippen molar-refractivity contribution in [2.75, 3.05) is 13.1 Å². The van der Waals surface area contributed by atoms with Gasteiger partial charge in [-0.2, -0.15) is 9.52 Å². The van der Waals surface area contributed by atoms with E-state index in [1.807, 2.05) is 0 Å². The zero-order valence-electron chi connectivity index (χ0n) is 12.0. The molecule has 0 radical (unpaired) electrons. The number of hydrazone groups is 1. The summed E-state index contributed by atoms with van der Waals surface area (Å²) in [6.07, 6.45) is 0.662. The summed E-state index contributed by atoms with van der Waals surface area (Å²) >= 11 is 0. The van der Waals surface area contributed by atoms with Crippen molar-refractivity contribution in [3.63, 3.8) is 0 Å². The Morgan fingerprint density at radius 3 is 2.26 bits per heavy atom. The van der Waals surface area contributed by atoms with Crippen LogP contribution in [0.25, 0.3) is 0 Å². The zero-order valence-corrected chi connectivity index (χ0v) is 12.8. The molecule has 0 unspecified atom stereocenters. The van der Waals surface area contributed by atoms with Gasteiger partial charge >= 0.3 is 6.09 Å². The van der Waals surface area contributed by atoms with Crippen LogP contribution < -0.4 is 0 Å². The highest BCUT2D eigenvalue weighted by atomic mass is 32.2. The van der Waals surface area contributed by atoms with Crippen LogP contribution >= 0.6 is 0 Å². The highest BCUT2D eigenvalue weighted by Gasteiger charge is 2.29. The summed E-state index contributed by atoms with van der Waals surface area (Å²) in [7, 11) is -3.43. The molecule has 110 valence electrons. The lowest BCUT2D eigenvalue weighted by atomic mass is 10.2. The average Bonchev–Trinajstić information content (AvgIpc) is 2.26. The molecule has 0 N–H and O–H groups in total. The fourth-order valence-electron chi connectivity index (χ4n) is 1.32. The van der Waals surface area contributed by atoms with Crippen LogP contribution in [0.4, 0.5) is 4.79 Å². The van der Waals surface area contributed by atoms with Crippen LogP contribution in [0.1, 0.15) is 34.6 Å². The molecule has 0 atom stereocenters. The second kappa shape index (κ2) is 5.36. The van der Waals surface area contributed by atoms with Crippen LogP contribution in [0.2, 0.25) is 0 Å². The molecular weight excluding hydrogens is 270 g/mol. The van der Waals surface area contributed by atoms with Crippen LogP contribution in [-0.4, -0.2) is 54.1 Å². The Hall–Kier alpha value is -1.31. The van der Waals surface area contributed by atoms with E-state index in [0.29, 0.717) is 0 Å². The Kier molecular flexibility index (Phi) is 4.44. The molecule has 0 aliphatic carbocycles. The molecule has 1 amide bonds. The number of ether oxygens (including phenoxy) is 1. The molecule has 0 saturated carbocycles. The molecule has 0 aromatic heterocycles. The van der Waals surface area contributed by atoms with Crippen molar-refractivity contribution in [3.05, 3.63) is 0 Å². The summed E-state index contributed by atoms with van der Waals surface area (Å²) in [5.41, 5.74) is -0.591. The smallest absolute Gasteiger partial charge is 0.415 e. The van der Waals surface area contributed by atoms with Crippen LogP contribution in [0.3, 0.4) is 0 Å². The Balaban J connectivity index is 2.72. The molecule has 1 heterocycles. The number of sulfonamides is 1. The van der Waals surface area contributed by atoms with Crippen molar-refractivity contribution in [2.45, 2.75) is 45.5 Å². The predicted molar refractivity (Wildman–Crippen MR) is 72.2 cm³/mol. The van der Waals surface area contributed by atoms with E-state index in [0.717, 1.165) is 4.41 Å². The minimum Gasteiger partial charge on any atom is -0.443 e. The Bertz CT molecular complexity index is 465. The van der Waals surface area contributed by atoms with Gasteiger partial charge in [-0.25, -0.2) is 13.2 Å². The van der Waals surface area contributed by atoms with Crippen LogP contribution in [0.5, 0.6) is 0 Å². The van der Waals surface area contributed by atoms with Crippen molar-refractivity contribution in [2.24, 2.45) is 5.10 Å². The van der Waals surface area contributed by atoms with Crippen molar-refractivity contribution >= 4 is 22.5 Å². The van der Waals surface area contributed by atoms with Crippen molar-refractivity contribution in [1.29, 1.82) is 0 Å².